The lowest BCUT2D eigenvalue weighted by Gasteiger charge is -2.01. The minimum atomic E-state index is -0.588. The molecule has 0 aliphatic heterocycles. The molecule has 1 aromatic rings. The van der Waals surface area contributed by atoms with E-state index in [-0.39, 0.29) is 29.4 Å². The van der Waals surface area contributed by atoms with Crippen LogP contribution in [0.25, 0.3) is 0 Å². The van der Waals surface area contributed by atoms with Crippen molar-refractivity contribution in [3.8, 4) is 0 Å². The third kappa shape index (κ3) is 2.24. The van der Waals surface area contributed by atoms with Crippen molar-refractivity contribution >= 4 is 11.5 Å². The Morgan fingerprint density at radius 2 is 2.19 bits per heavy atom. The van der Waals surface area contributed by atoms with Crippen molar-refractivity contribution in [1.82, 2.24) is 0 Å². The van der Waals surface area contributed by atoms with Crippen molar-refractivity contribution in [2.75, 3.05) is 0 Å². The molecular formula is C11H10FNO3. The molecule has 0 aromatic heterocycles. The molecule has 1 aromatic carbocycles. The Balaban J connectivity index is 2.26. The number of halogens is 1. The highest BCUT2D eigenvalue weighted by Gasteiger charge is 2.30. The number of Topliss-reactive ketones (excluding diaryl/α,β-unsaturated/α-hetero) is 1. The van der Waals surface area contributed by atoms with Gasteiger partial charge in [0, 0.05) is 24.0 Å². The lowest BCUT2D eigenvalue weighted by Crippen LogP contribution is -2.07. The molecule has 0 radical (unpaired) electrons. The summed E-state index contributed by atoms with van der Waals surface area (Å²) >= 11 is 0. The molecule has 1 aliphatic carbocycles. The molecule has 1 fully saturated rings. The molecule has 84 valence electrons. The number of rotatable bonds is 4. The standard InChI is InChI=1S/C11H10FNO3/c12-9-3-4-10(13(15)16)8(5-9)6-11(14)7-1-2-7/h3-5,7H,1-2,6H2. The van der Waals surface area contributed by atoms with E-state index in [2.05, 4.69) is 0 Å². The average Bonchev–Trinajstić information content (AvgIpc) is 2.99. The molecule has 4 nitrogen and oxygen atoms in total. The predicted molar refractivity (Wildman–Crippen MR) is 54.5 cm³/mol. The molecule has 0 N–H and O–H groups in total. The summed E-state index contributed by atoms with van der Waals surface area (Å²) in [5, 5.41) is 10.7. The van der Waals surface area contributed by atoms with Crippen molar-refractivity contribution in [3.63, 3.8) is 0 Å². The van der Waals surface area contributed by atoms with Gasteiger partial charge in [-0.05, 0) is 25.0 Å². The molecule has 0 bridgehead atoms. The van der Waals surface area contributed by atoms with Crippen LogP contribution in [0.15, 0.2) is 18.2 Å². The van der Waals surface area contributed by atoms with Gasteiger partial charge in [0.2, 0.25) is 0 Å². The van der Waals surface area contributed by atoms with E-state index >= 15 is 0 Å². The van der Waals surface area contributed by atoms with Crippen LogP contribution in [0.3, 0.4) is 0 Å². The zero-order valence-corrected chi connectivity index (χ0v) is 8.48. The fourth-order valence-electron chi connectivity index (χ4n) is 1.61. The summed E-state index contributed by atoms with van der Waals surface area (Å²) in [4.78, 5) is 21.6. The first-order chi connectivity index (χ1) is 7.58. The second kappa shape index (κ2) is 4.00. The number of ketones is 1. The first-order valence-electron chi connectivity index (χ1n) is 5.03. The number of carbonyl (C=O) groups excluding carboxylic acids is 1. The molecule has 1 aliphatic rings. The zero-order valence-electron chi connectivity index (χ0n) is 8.48. The van der Waals surface area contributed by atoms with Gasteiger partial charge in [0.25, 0.3) is 5.69 Å². The second-order valence-electron chi connectivity index (χ2n) is 3.95. The summed E-state index contributed by atoms with van der Waals surface area (Å²) < 4.78 is 12.9. The second-order valence-corrected chi connectivity index (χ2v) is 3.95. The smallest absolute Gasteiger partial charge is 0.273 e. The molecule has 5 heteroatoms. The summed E-state index contributed by atoms with van der Waals surface area (Å²) in [5.41, 5.74) is -0.0164. The minimum absolute atomic E-state index is 0.0304. The highest BCUT2D eigenvalue weighted by molar-refractivity contribution is 5.86. The summed E-state index contributed by atoms with van der Waals surface area (Å²) in [6.07, 6.45) is 1.66. The first kappa shape index (κ1) is 10.7. The molecular weight excluding hydrogens is 213 g/mol. The molecule has 16 heavy (non-hydrogen) atoms. The van der Waals surface area contributed by atoms with E-state index in [1.807, 2.05) is 0 Å². The van der Waals surface area contributed by atoms with E-state index in [9.17, 15) is 19.3 Å². The molecule has 0 spiro atoms. The molecule has 0 heterocycles. The van der Waals surface area contributed by atoms with Crippen LogP contribution in [0.2, 0.25) is 0 Å². The first-order valence-corrected chi connectivity index (χ1v) is 5.03. The molecule has 0 unspecified atom stereocenters. The normalized spacial score (nSPS) is 14.8. The van der Waals surface area contributed by atoms with Crippen LogP contribution in [0.1, 0.15) is 18.4 Å². The van der Waals surface area contributed by atoms with Gasteiger partial charge in [0.1, 0.15) is 11.6 Å². The maximum absolute atomic E-state index is 12.9. The Labute approximate surface area is 91.2 Å². The number of nitro groups is 1. The van der Waals surface area contributed by atoms with Gasteiger partial charge in [-0.2, -0.15) is 0 Å². The van der Waals surface area contributed by atoms with Crippen molar-refractivity contribution in [1.29, 1.82) is 0 Å². The van der Waals surface area contributed by atoms with E-state index in [4.69, 9.17) is 0 Å². The number of nitro benzene ring substituents is 1. The molecule has 0 atom stereocenters. The van der Waals surface area contributed by atoms with Crippen LogP contribution >= 0.6 is 0 Å². The van der Waals surface area contributed by atoms with Crippen LogP contribution in [0, 0.1) is 21.8 Å². The zero-order chi connectivity index (χ0) is 11.7. The number of carbonyl (C=O) groups is 1. The SMILES string of the molecule is O=C(Cc1cc(F)ccc1[N+](=O)[O-])C1CC1. The largest absolute Gasteiger partial charge is 0.299 e. The van der Waals surface area contributed by atoms with Gasteiger partial charge < -0.3 is 0 Å². The highest BCUT2D eigenvalue weighted by atomic mass is 19.1. The van der Waals surface area contributed by atoms with Gasteiger partial charge in [-0.15, -0.1) is 0 Å². The summed E-state index contributed by atoms with van der Waals surface area (Å²) in [6.45, 7) is 0. The Hall–Kier alpha value is -1.78. The third-order valence-corrected chi connectivity index (χ3v) is 2.64. The molecule has 2 rings (SSSR count). The maximum Gasteiger partial charge on any atom is 0.273 e. The van der Waals surface area contributed by atoms with Crippen molar-refractivity contribution in [2.24, 2.45) is 5.92 Å². The fourth-order valence-corrected chi connectivity index (χ4v) is 1.61. The lowest BCUT2D eigenvalue weighted by atomic mass is 10.0. The molecule has 1 saturated carbocycles. The van der Waals surface area contributed by atoms with Gasteiger partial charge in [-0.3, -0.25) is 14.9 Å². The quantitative estimate of drug-likeness (QED) is 0.581. The molecule has 0 amide bonds. The van der Waals surface area contributed by atoms with E-state index in [0.717, 1.165) is 31.0 Å². The summed E-state index contributed by atoms with van der Waals surface area (Å²) in [5.74, 6) is -0.555. The number of benzene rings is 1. The topological polar surface area (TPSA) is 60.2 Å². The van der Waals surface area contributed by atoms with E-state index in [0.29, 0.717) is 0 Å². The Kier molecular flexibility index (Phi) is 2.68. The number of hydrogen-bond acceptors (Lipinski definition) is 3. The van der Waals surface area contributed by atoms with Gasteiger partial charge >= 0.3 is 0 Å². The Morgan fingerprint density at radius 1 is 1.50 bits per heavy atom. The van der Waals surface area contributed by atoms with E-state index in [1.165, 1.54) is 0 Å². The van der Waals surface area contributed by atoms with Gasteiger partial charge in [0.05, 0.1) is 4.92 Å². The predicted octanol–water partition coefficient (Wildman–Crippen LogP) is 2.26. The maximum atomic E-state index is 12.9. The summed E-state index contributed by atoms with van der Waals surface area (Å²) in [7, 11) is 0. The Bertz CT molecular complexity index is 455. The van der Waals surface area contributed by atoms with E-state index < -0.39 is 10.7 Å². The molecule has 0 saturated heterocycles. The monoisotopic (exact) mass is 223 g/mol. The van der Waals surface area contributed by atoms with Gasteiger partial charge in [-0.1, -0.05) is 0 Å². The van der Waals surface area contributed by atoms with Gasteiger partial charge in [-0.25, -0.2) is 4.39 Å². The highest BCUT2D eigenvalue weighted by Crippen LogP contribution is 2.32. The number of nitrogens with zero attached hydrogens (tertiary/aromatic N) is 1. The van der Waals surface area contributed by atoms with Crippen LogP contribution in [-0.2, 0) is 11.2 Å². The van der Waals surface area contributed by atoms with Crippen molar-refractivity contribution < 1.29 is 14.1 Å². The fraction of sp³-hybridized carbons (Fsp3) is 0.364. The minimum Gasteiger partial charge on any atom is -0.299 e. The average molecular weight is 223 g/mol. The van der Waals surface area contributed by atoms with Crippen molar-refractivity contribution in [2.45, 2.75) is 19.3 Å². The van der Waals surface area contributed by atoms with Crippen LogP contribution < -0.4 is 0 Å². The number of hydrogen-bond donors (Lipinski definition) is 0. The van der Waals surface area contributed by atoms with Gasteiger partial charge in [0.15, 0.2) is 0 Å². The van der Waals surface area contributed by atoms with Crippen LogP contribution in [-0.4, -0.2) is 10.7 Å². The van der Waals surface area contributed by atoms with Crippen LogP contribution in [0.4, 0.5) is 10.1 Å². The van der Waals surface area contributed by atoms with E-state index in [1.54, 1.807) is 0 Å². The lowest BCUT2D eigenvalue weighted by molar-refractivity contribution is -0.385. The third-order valence-electron chi connectivity index (χ3n) is 2.64. The summed E-state index contributed by atoms with van der Waals surface area (Å²) in [6, 6.07) is 3.20. The Morgan fingerprint density at radius 3 is 2.75 bits per heavy atom. The van der Waals surface area contributed by atoms with Crippen LogP contribution in [0.5, 0.6) is 0 Å². The van der Waals surface area contributed by atoms with Crippen molar-refractivity contribution in [3.05, 3.63) is 39.7 Å².